The van der Waals surface area contributed by atoms with E-state index in [0.717, 1.165) is 31.2 Å². The van der Waals surface area contributed by atoms with Crippen LogP contribution < -0.4 is 10.5 Å². The molecule has 1 aliphatic carbocycles. The molecule has 19 heavy (non-hydrogen) atoms. The van der Waals surface area contributed by atoms with Crippen LogP contribution in [0.5, 0.6) is 0 Å². The zero-order chi connectivity index (χ0) is 13.2. The lowest BCUT2D eigenvalue weighted by Crippen LogP contribution is -2.40. The van der Waals surface area contributed by atoms with Crippen molar-refractivity contribution in [1.82, 2.24) is 4.72 Å². The van der Waals surface area contributed by atoms with Gasteiger partial charge in [0.15, 0.2) is 0 Å². The molecular weight excluding hydrogens is 284 g/mol. The highest BCUT2D eigenvalue weighted by Crippen LogP contribution is 2.19. The number of halogens is 1. The van der Waals surface area contributed by atoms with Crippen LogP contribution in [0.2, 0.25) is 0 Å². The Kier molecular flexibility index (Phi) is 5.80. The molecule has 0 amide bonds. The number of rotatable bonds is 3. The molecule has 1 aliphatic rings. The van der Waals surface area contributed by atoms with Gasteiger partial charge in [0.1, 0.15) is 0 Å². The Balaban J connectivity index is 0.00000180. The highest BCUT2D eigenvalue weighted by atomic mass is 35.5. The summed E-state index contributed by atoms with van der Waals surface area (Å²) in [4.78, 5) is 0.345. The molecule has 0 spiro atoms. The Morgan fingerprint density at radius 2 is 1.84 bits per heavy atom. The zero-order valence-corrected chi connectivity index (χ0v) is 12.6. The van der Waals surface area contributed by atoms with Gasteiger partial charge in [-0.15, -0.1) is 12.4 Å². The van der Waals surface area contributed by atoms with Crippen LogP contribution in [0.25, 0.3) is 0 Å². The quantitative estimate of drug-likeness (QED) is 0.896. The molecule has 0 bridgehead atoms. The topological polar surface area (TPSA) is 72.2 Å². The first-order valence-corrected chi connectivity index (χ1v) is 7.80. The van der Waals surface area contributed by atoms with Crippen molar-refractivity contribution in [2.75, 3.05) is 0 Å². The smallest absolute Gasteiger partial charge is 0.240 e. The van der Waals surface area contributed by atoms with E-state index in [1.807, 2.05) is 13.0 Å². The van der Waals surface area contributed by atoms with Gasteiger partial charge in [-0.05, 0) is 50.3 Å². The Hall–Kier alpha value is -0.620. The Morgan fingerprint density at radius 3 is 2.42 bits per heavy atom. The van der Waals surface area contributed by atoms with Gasteiger partial charge in [-0.2, -0.15) is 0 Å². The van der Waals surface area contributed by atoms with E-state index in [0.29, 0.717) is 4.90 Å². The minimum atomic E-state index is -3.39. The van der Waals surface area contributed by atoms with E-state index in [1.165, 1.54) is 0 Å². The zero-order valence-electron chi connectivity index (χ0n) is 11.0. The summed E-state index contributed by atoms with van der Waals surface area (Å²) in [5, 5.41) is 0. The normalized spacial score (nSPS) is 23.7. The summed E-state index contributed by atoms with van der Waals surface area (Å²) in [6, 6.07) is 7.22. The molecule has 0 aliphatic heterocycles. The van der Waals surface area contributed by atoms with Crippen molar-refractivity contribution in [3.63, 3.8) is 0 Å². The number of hydrogen-bond donors (Lipinski definition) is 2. The van der Waals surface area contributed by atoms with Gasteiger partial charge < -0.3 is 5.73 Å². The molecular formula is C13H21ClN2O2S. The summed E-state index contributed by atoms with van der Waals surface area (Å²) in [6.45, 7) is 1.89. The molecule has 0 radical (unpaired) electrons. The molecule has 4 nitrogen and oxygen atoms in total. The molecule has 108 valence electrons. The van der Waals surface area contributed by atoms with Gasteiger partial charge in [0.25, 0.3) is 0 Å². The van der Waals surface area contributed by atoms with Crippen LogP contribution in [-0.2, 0) is 10.0 Å². The van der Waals surface area contributed by atoms with E-state index in [1.54, 1.807) is 18.2 Å². The third-order valence-electron chi connectivity index (χ3n) is 3.39. The van der Waals surface area contributed by atoms with E-state index < -0.39 is 10.0 Å². The average molecular weight is 305 g/mol. The van der Waals surface area contributed by atoms with Crippen molar-refractivity contribution in [1.29, 1.82) is 0 Å². The number of aryl methyl sites for hydroxylation is 1. The minimum absolute atomic E-state index is 0. The highest BCUT2D eigenvalue weighted by Gasteiger charge is 2.24. The molecule has 1 saturated carbocycles. The van der Waals surface area contributed by atoms with Gasteiger partial charge in [-0.3, -0.25) is 0 Å². The van der Waals surface area contributed by atoms with Crippen molar-refractivity contribution in [3.05, 3.63) is 29.8 Å². The number of nitrogens with two attached hydrogens (primary N) is 1. The predicted molar refractivity (Wildman–Crippen MR) is 79.0 cm³/mol. The molecule has 0 saturated heterocycles. The predicted octanol–water partition coefficient (Wildman–Crippen LogP) is 1.97. The maximum Gasteiger partial charge on any atom is 0.240 e. The van der Waals surface area contributed by atoms with Gasteiger partial charge in [0.05, 0.1) is 4.90 Å². The number of nitrogens with one attached hydrogen (secondary N) is 1. The summed E-state index contributed by atoms with van der Waals surface area (Å²) in [5.41, 5.74) is 6.76. The van der Waals surface area contributed by atoms with Crippen LogP contribution in [-0.4, -0.2) is 20.5 Å². The molecule has 2 rings (SSSR count). The second-order valence-electron chi connectivity index (χ2n) is 5.05. The fourth-order valence-electron chi connectivity index (χ4n) is 2.31. The van der Waals surface area contributed by atoms with Gasteiger partial charge in [-0.1, -0.05) is 12.1 Å². The van der Waals surface area contributed by atoms with Crippen LogP contribution >= 0.6 is 12.4 Å². The summed E-state index contributed by atoms with van der Waals surface area (Å²) in [6.07, 6.45) is 3.43. The second-order valence-corrected chi connectivity index (χ2v) is 6.76. The van der Waals surface area contributed by atoms with Crippen LogP contribution in [0.1, 0.15) is 31.2 Å². The maximum atomic E-state index is 12.2. The Morgan fingerprint density at radius 1 is 1.21 bits per heavy atom. The first-order valence-electron chi connectivity index (χ1n) is 6.32. The van der Waals surface area contributed by atoms with E-state index in [2.05, 4.69) is 4.72 Å². The van der Waals surface area contributed by atoms with E-state index >= 15 is 0 Å². The highest BCUT2D eigenvalue weighted by molar-refractivity contribution is 7.89. The second kappa shape index (κ2) is 6.70. The van der Waals surface area contributed by atoms with Crippen molar-refractivity contribution >= 4 is 22.4 Å². The standard InChI is InChI=1S/C13H20N2O2S.ClH/c1-10-3-2-4-13(9-10)18(16,17)15-12-7-5-11(14)6-8-12;/h2-4,9,11-12,15H,5-8,14H2,1H3;1H. The SMILES string of the molecule is Cc1cccc(S(=O)(=O)NC2CCC(N)CC2)c1.Cl. The maximum absolute atomic E-state index is 12.2. The summed E-state index contributed by atoms with van der Waals surface area (Å²) in [7, 11) is -3.39. The summed E-state index contributed by atoms with van der Waals surface area (Å²) in [5.74, 6) is 0. The lowest BCUT2D eigenvalue weighted by molar-refractivity contribution is 0.373. The van der Waals surface area contributed by atoms with Gasteiger partial charge in [0, 0.05) is 12.1 Å². The van der Waals surface area contributed by atoms with Crippen LogP contribution in [0.3, 0.4) is 0 Å². The first kappa shape index (κ1) is 16.4. The van der Waals surface area contributed by atoms with Crippen LogP contribution in [0.15, 0.2) is 29.2 Å². The van der Waals surface area contributed by atoms with Crippen molar-refractivity contribution in [3.8, 4) is 0 Å². The van der Waals surface area contributed by atoms with Crippen molar-refractivity contribution in [2.45, 2.75) is 49.6 Å². The third kappa shape index (κ3) is 4.45. The third-order valence-corrected chi connectivity index (χ3v) is 4.91. The fourth-order valence-corrected chi connectivity index (χ4v) is 3.72. The Bertz CT molecular complexity index is 511. The largest absolute Gasteiger partial charge is 0.328 e. The summed E-state index contributed by atoms with van der Waals surface area (Å²) < 4.78 is 27.2. The first-order chi connectivity index (χ1) is 8.47. The van der Waals surface area contributed by atoms with Gasteiger partial charge in [-0.25, -0.2) is 13.1 Å². The molecule has 3 N–H and O–H groups in total. The molecule has 1 fully saturated rings. The molecule has 0 aromatic heterocycles. The molecule has 0 unspecified atom stereocenters. The molecule has 1 aromatic carbocycles. The van der Waals surface area contributed by atoms with Crippen LogP contribution in [0.4, 0.5) is 0 Å². The van der Waals surface area contributed by atoms with Gasteiger partial charge >= 0.3 is 0 Å². The molecule has 0 atom stereocenters. The number of sulfonamides is 1. The van der Waals surface area contributed by atoms with E-state index in [9.17, 15) is 8.42 Å². The Labute approximate surface area is 121 Å². The lowest BCUT2D eigenvalue weighted by atomic mass is 9.93. The van der Waals surface area contributed by atoms with Crippen molar-refractivity contribution in [2.24, 2.45) is 5.73 Å². The molecule has 0 heterocycles. The van der Waals surface area contributed by atoms with E-state index in [4.69, 9.17) is 5.73 Å². The number of benzene rings is 1. The lowest BCUT2D eigenvalue weighted by Gasteiger charge is -2.26. The molecule has 6 heteroatoms. The monoisotopic (exact) mass is 304 g/mol. The number of hydrogen-bond acceptors (Lipinski definition) is 3. The van der Waals surface area contributed by atoms with Crippen molar-refractivity contribution < 1.29 is 8.42 Å². The average Bonchev–Trinajstić information content (AvgIpc) is 2.32. The van der Waals surface area contributed by atoms with Crippen LogP contribution in [0, 0.1) is 6.92 Å². The fraction of sp³-hybridized carbons (Fsp3) is 0.538. The van der Waals surface area contributed by atoms with E-state index in [-0.39, 0.29) is 24.5 Å². The summed E-state index contributed by atoms with van der Waals surface area (Å²) >= 11 is 0. The minimum Gasteiger partial charge on any atom is -0.328 e. The molecule has 1 aromatic rings. The van der Waals surface area contributed by atoms with Gasteiger partial charge in [0.2, 0.25) is 10.0 Å².